The molecule has 0 amide bonds. The van der Waals surface area contributed by atoms with Crippen molar-refractivity contribution >= 4 is 0 Å². The van der Waals surface area contributed by atoms with E-state index in [9.17, 15) is 9.50 Å². The van der Waals surface area contributed by atoms with Gasteiger partial charge in [0.05, 0.1) is 17.7 Å². The summed E-state index contributed by atoms with van der Waals surface area (Å²) in [6, 6.07) is 6.11. The summed E-state index contributed by atoms with van der Waals surface area (Å²) >= 11 is 0. The van der Waals surface area contributed by atoms with Crippen molar-refractivity contribution in [2.75, 3.05) is 6.54 Å². The minimum absolute atomic E-state index is 0.0530. The third-order valence-electron chi connectivity index (χ3n) is 2.56. The molecule has 2 atom stereocenters. The number of aliphatic hydroxyl groups is 1. The summed E-state index contributed by atoms with van der Waals surface area (Å²) in [5.41, 5.74) is 1.04. The Labute approximate surface area is 87.2 Å². The van der Waals surface area contributed by atoms with E-state index in [1.54, 1.807) is 6.07 Å². The van der Waals surface area contributed by atoms with Gasteiger partial charge in [0.1, 0.15) is 5.82 Å². The fourth-order valence-electron chi connectivity index (χ4n) is 1.85. The van der Waals surface area contributed by atoms with E-state index in [0.29, 0.717) is 18.5 Å². The Morgan fingerprint density at radius 3 is 2.87 bits per heavy atom. The van der Waals surface area contributed by atoms with Crippen LogP contribution in [0.5, 0.6) is 0 Å². The van der Waals surface area contributed by atoms with Crippen LogP contribution in [0.25, 0.3) is 0 Å². The normalized spacial score (nSPS) is 25.1. The van der Waals surface area contributed by atoms with Gasteiger partial charge in [0.15, 0.2) is 0 Å². The predicted octanol–water partition coefficient (Wildman–Crippen LogP) is 1.09. The Balaban J connectivity index is 2.29. The van der Waals surface area contributed by atoms with Gasteiger partial charge >= 0.3 is 0 Å². The van der Waals surface area contributed by atoms with Crippen LogP contribution in [-0.2, 0) is 0 Å². The zero-order valence-corrected chi connectivity index (χ0v) is 8.07. The van der Waals surface area contributed by atoms with E-state index < -0.39 is 5.82 Å². The largest absolute Gasteiger partial charge is 0.392 e. The maximum atomic E-state index is 13.1. The van der Waals surface area contributed by atoms with Gasteiger partial charge in [0, 0.05) is 12.6 Å². The average Bonchev–Trinajstić information content (AvgIpc) is 2.64. The lowest BCUT2D eigenvalue weighted by molar-refractivity contribution is 0.193. The third-order valence-corrected chi connectivity index (χ3v) is 2.56. The maximum absolute atomic E-state index is 13.1. The fraction of sp³-hybridized carbons (Fsp3) is 0.364. The van der Waals surface area contributed by atoms with Gasteiger partial charge in [-0.05, 0) is 30.2 Å². The summed E-state index contributed by atoms with van der Waals surface area (Å²) in [5.74, 6) is -0.410. The first-order valence-corrected chi connectivity index (χ1v) is 4.81. The summed E-state index contributed by atoms with van der Waals surface area (Å²) in [6.45, 7) is 0.517. The fourth-order valence-corrected chi connectivity index (χ4v) is 1.85. The van der Waals surface area contributed by atoms with Crippen molar-refractivity contribution in [3.05, 3.63) is 35.1 Å². The standard InChI is InChI=1S/C11H11FN2O/c12-9-2-7(5-13)1-8(3-9)11-4-10(15)6-14-11/h1-3,10-11,14-15H,4,6H2/t10?,11-/m0/s1. The lowest BCUT2D eigenvalue weighted by Crippen LogP contribution is -2.15. The van der Waals surface area contributed by atoms with E-state index in [1.165, 1.54) is 12.1 Å². The number of nitriles is 1. The molecule has 1 aromatic rings. The monoisotopic (exact) mass is 206 g/mol. The molecule has 1 aromatic carbocycles. The minimum Gasteiger partial charge on any atom is -0.392 e. The van der Waals surface area contributed by atoms with Crippen LogP contribution in [-0.4, -0.2) is 17.8 Å². The van der Waals surface area contributed by atoms with Gasteiger partial charge in [0.25, 0.3) is 0 Å². The van der Waals surface area contributed by atoms with E-state index in [1.807, 2.05) is 6.07 Å². The van der Waals surface area contributed by atoms with Crippen LogP contribution in [0.4, 0.5) is 4.39 Å². The van der Waals surface area contributed by atoms with Gasteiger partial charge in [-0.1, -0.05) is 0 Å². The van der Waals surface area contributed by atoms with Crippen LogP contribution in [0.1, 0.15) is 23.6 Å². The molecule has 2 rings (SSSR count). The summed E-state index contributed by atoms with van der Waals surface area (Å²) in [5, 5.41) is 21.1. The molecule has 1 aliphatic heterocycles. The number of hydrogen-bond acceptors (Lipinski definition) is 3. The molecule has 0 spiro atoms. The molecule has 15 heavy (non-hydrogen) atoms. The van der Waals surface area contributed by atoms with Gasteiger partial charge in [-0.2, -0.15) is 5.26 Å². The van der Waals surface area contributed by atoms with E-state index in [2.05, 4.69) is 5.32 Å². The molecule has 0 radical (unpaired) electrons. The molecular weight excluding hydrogens is 195 g/mol. The number of hydrogen-bond donors (Lipinski definition) is 2. The average molecular weight is 206 g/mol. The molecule has 0 aliphatic carbocycles. The Morgan fingerprint density at radius 1 is 1.47 bits per heavy atom. The van der Waals surface area contributed by atoms with Crippen molar-refractivity contribution in [3.8, 4) is 6.07 Å². The molecule has 1 heterocycles. The van der Waals surface area contributed by atoms with Crippen LogP contribution in [0.15, 0.2) is 18.2 Å². The molecule has 0 bridgehead atoms. The van der Waals surface area contributed by atoms with Crippen LogP contribution < -0.4 is 5.32 Å². The molecule has 1 saturated heterocycles. The highest BCUT2D eigenvalue weighted by atomic mass is 19.1. The maximum Gasteiger partial charge on any atom is 0.124 e. The topological polar surface area (TPSA) is 56.0 Å². The molecule has 78 valence electrons. The number of nitrogens with zero attached hydrogens (tertiary/aromatic N) is 1. The highest BCUT2D eigenvalue weighted by molar-refractivity contribution is 5.35. The highest BCUT2D eigenvalue weighted by Gasteiger charge is 2.23. The van der Waals surface area contributed by atoms with Crippen molar-refractivity contribution in [1.29, 1.82) is 5.26 Å². The second-order valence-electron chi connectivity index (χ2n) is 3.74. The highest BCUT2D eigenvalue weighted by Crippen LogP contribution is 2.24. The summed E-state index contributed by atoms with van der Waals surface area (Å²) < 4.78 is 13.1. The second-order valence-corrected chi connectivity index (χ2v) is 3.74. The molecular formula is C11H11FN2O. The Hall–Kier alpha value is -1.44. The SMILES string of the molecule is N#Cc1cc(F)cc([C@@H]2CC(O)CN2)c1. The molecule has 4 heteroatoms. The lowest BCUT2D eigenvalue weighted by Gasteiger charge is -2.10. The van der Waals surface area contributed by atoms with Gasteiger partial charge in [-0.25, -0.2) is 4.39 Å². The number of nitrogens with one attached hydrogen (secondary N) is 1. The smallest absolute Gasteiger partial charge is 0.124 e. The van der Waals surface area contributed by atoms with E-state index >= 15 is 0 Å². The van der Waals surface area contributed by atoms with Gasteiger partial charge < -0.3 is 10.4 Å². The first-order chi connectivity index (χ1) is 7.19. The summed E-state index contributed by atoms with van der Waals surface area (Å²) in [4.78, 5) is 0. The zero-order chi connectivity index (χ0) is 10.8. The Morgan fingerprint density at radius 2 is 2.27 bits per heavy atom. The van der Waals surface area contributed by atoms with Crippen LogP contribution in [0.2, 0.25) is 0 Å². The number of rotatable bonds is 1. The molecule has 1 fully saturated rings. The zero-order valence-electron chi connectivity index (χ0n) is 8.07. The van der Waals surface area contributed by atoms with Crippen molar-refractivity contribution < 1.29 is 9.50 Å². The number of β-amino-alcohol motifs (C(OH)–C–C–N with tert-alkyl or cyclic N) is 1. The third kappa shape index (κ3) is 2.14. The van der Waals surface area contributed by atoms with Gasteiger partial charge in [-0.15, -0.1) is 0 Å². The van der Waals surface area contributed by atoms with E-state index in [-0.39, 0.29) is 12.1 Å². The number of halogens is 1. The van der Waals surface area contributed by atoms with Gasteiger partial charge in [-0.3, -0.25) is 0 Å². The lowest BCUT2D eigenvalue weighted by atomic mass is 10.0. The molecule has 0 saturated carbocycles. The minimum atomic E-state index is -0.410. The molecule has 1 unspecified atom stereocenters. The Kier molecular flexibility index (Phi) is 2.67. The molecule has 2 N–H and O–H groups in total. The second kappa shape index (κ2) is 3.97. The first kappa shape index (κ1) is 10.1. The van der Waals surface area contributed by atoms with Crippen molar-refractivity contribution in [2.24, 2.45) is 0 Å². The predicted molar refractivity (Wildman–Crippen MR) is 52.5 cm³/mol. The summed E-state index contributed by atoms with van der Waals surface area (Å²) in [6.07, 6.45) is 0.178. The summed E-state index contributed by atoms with van der Waals surface area (Å²) in [7, 11) is 0. The number of benzene rings is 1. The van der Waals surface area contributed by atoms with Crippen molar-refractivity contribution in [2.45, 2.75) is 18.6 Å². The van der Waals surface area contributed by atoms with Crippen LogP contribution in [0, 0.1) is 17.1 Å². The molecule has 3 nitrogen and oxygen atoms in total. The van der Waals surface area contributed by atoms with E-state index in [0.717, 1.165) is 5.56 Å². The number of aliphatic hydroxyl groups excluding tert-OH is 1. The molecule has 0 aromatic heterocycles. The Bertz CT molecular complexity index is 414. The van der Waals surface area contributed by atoms with Crippen LogP contribution in [0.3, 0.4) is 0 Å². The van der Waals surface area contributed by atoms with E-state index in [4.69, 9.17) is 5.26 Å². The molecule has 1 aliphatic rings. The van der Waals surface area contributed by atoms with Crippen molar-refractivity contribution in [3.63, 3.8) is 0 Å². The quantitative estimate of drug-likeness (QED) is 0.723. The van der Waals surface area contributed by atoms with Gasteiger partial charge in [0.2, 0.25) is 0 Å². The van der Waals surface area contributed by atoms with Crippen LogP contribution >= 0.6 is 0 Å². The first-order valence-electron chi connectivity index (χ1n) is 4.81. The van der Waals surface area contributed by atoms with Crippen molar-refractivity contribution in [1.82, 2.24) is 5.32 Å².